The zero-order valence-corrected chi connectivity index (χ0v) is 18.7. The van der Waals surface area contributed by atoms with Gasteiger partial charge in [-0.1, -0.05) is 0 Å². The van der Waals surface area contributed by atoms with Crippen molar-refractivity contribution >= 4 is 22.2 Å². The average Bonchev–Trinajstić information content (AvgIpc) is 3.46. The summed E-state index contributed by atoms with van der Waals surface area (Å²) in [6.45, 7) is 3.81. The predicted molar refractivity (Wildman–Crippen MR) is 121 cm³/mol. The molecule has 2 aromatic heterocycles. The maximum atomic E-state index is 15.8. The van der Waals surface area contributed by atoms with E-state index >= 15 is 4.39 Å². The Hall–Kier alpha value is -2.45. The fourth-order valence-corrected chi connectivity index (χ4v) is 6.43. The van der Waals surface area contributed by atoms with Gasteiger partial charge in [-0.25, -0.2) is 9.18 Å². The van der Waals surface area contributed by atoms with Gasteiger partial charge in [-0.05, 0) is 69.1 Å². The van der Waals surface area contributed by atoms with Gasteiger partial charge in [-0.3, -0.25) is 14.3 Å². The Morgan fingerprint density at radius 3 is 2.71 bits per heavy atom. The van der Waals surface area contributed by atoms with Gasteiger partial charge < -0.3 is 10.5 Å². The van der Waals surface area contributed by atoms with E-state index in [1.807, 2.05) is 6.92 Å². The molecular weight excluding hydrogens is 417 g/mol. The fraction of sp³-hybridized carbons (Fsp3) is 0.478. The lowest BCUT2D eigenvalue weighted by Gasteiger charge is -2.25. The third-order valence-electron chi connectivity index (χ3n) is 6.68. The zero-order chi connectivity index (χ0) is 22.0. The third-order valence-corrected chi connectivity index (χ3v) is 7.91. The maximum absolute atomic E-state index is 15.8. The Bertz CT molecular complexity index is 1320. The van der Waals surface area contributed by atoms with Crippen molar-refractivity contribution in [2.45, 2.75) is 64.0 Å². The first kappa shape index (κ1) is 20.5. The number of ether oxygens (including phenoxy) is 1. The van der Waals surface area contributed by atoms with E-state index in [4.69, 9.17) is 10.5 Å². The summed E-state index contributed by atoms with van der Waals surface area (Å²) >= 11 is 1.58. The number of thiophene rings is 1. The van der Waals surface area contributed by atoms with Gasteiger partial charge in [0.25, 0.3) is 5.56 Å². The Morgan fingerprint density at radius 1 is 1.32 bits per heavy atom. The van der Waals surface area contributed by atoms with Crippen molar-refractivity contribution in [3.05, 3.63) is 48.7 Å². The highest BCUT2D eigenvalue weighted by Gasteiger charge is 2.33. The number of aryl methyl sites for hydroxylation is 2. The molecule has 2 heterocycles. The molecule has 1 saturated carbocycles. The van der Waals surface area contributed by atoms with Crippen molar-refractivity contribution in [2.75, 3.05) is 7.11 Å². The van der Waals surface area contributed by atoms with Crippen LogP contribution in [0.3, 0.4) is 0 Å². The van der Waals surface area contributed by atoms with E-state index < -0.39 is 17.1 Å². The van der Waals surface area contributed by atoms with E-state index in [1.54, 1.807) is 22.8 Å². The van der Waals surface area contributed by atoms with Gasteiger partial charge in [-0.15, -0.1) is 11.3 Å². The topological polar surface area (TPSA) is 90.1 Å². The number of hydrogen-bond acceptors (Lipinski definition) is 5. The van der Waals surface area contributed by atoms with E-state index in [0.29, 0.717) is 16.6 Å². The molecule has 5 rings (SSSR count). The molecule has 8 heteroatoms. The first-order valence-corrected chi connectivity index (χ1v) is 11.6. The molecule has 2 aliphatic carbocycles. The molecule has 0 radical (unpaired) electrons. The van der Waals surface area contributed by atoms with Gasteiger partial charge in [0, 0.05) is 27.4 Å². The van der Waals surface area contributed by atoms with E-state index in [9.17, 15) is 9.59 Å². The number of nitrogens with zero attached hydrogens (tertiary/aromatic N) is 1. The largest absolute Gasteiger partial charge is 0.493 e. The SMILES string of the molecule is COc1c(F)c(-c2cc3c(s2)CCCC3C(C)N)c(C)c2c1c(=O)[nH]c(=O)n2C1CC1. The number of H-pyrrole nitrogens is 1. The second kappa shape index (κ2) is 7.31. The Labute approximate surface area is 182 Å². The highest BCUT2D eigenvalue weighted by Crippen LogP contribution is 2.47. The normalized spacial score (nSPS) is 19.5. The second-order valence-corrected chi connectivity index (χ2v) is 9.92. The maximum Gasteiger partial charge on any atom is 0.329 e. The quantitative estimate of drug-likeness (QED) is 0.638. The molecule has 0 bridgehead atoms. The van der Waals surface area contributed by atoms with Crippen molar-refractivity contribution in [1.29, 1.82) is 0 Å². The minimum Gasteiger partial charge on any atom is -0.493 e. The van der Waals surface area contributed by atoms with Crippen molar-refractivity contribution in [3.63, 3.8) is 0 Å². The van der Waals surface area contributed by atoms with Crippen LogP contribution in [0, 0.1) is 12.7 Å². The lowest BCUT2D eigenvalue weighted by molar-refractivity contribution is 0.392. The summed E-state index contributed by atoms with van der Waals surface area (Å²) in [7, 11) is 1.36. The van der Waals surface area contributed by atoms with Crippen LogP contribution >= 0.6 is 11.3 Å². The first-order valence-electron chi connectivity index (χ1n) is 10.8. The van der Waals surface area contributed by atoms with Gasteiger partial charge in [0.05, 0.1) is 12.6 Å². The standard InChI is InChI=1S/C23H26FN3O3S/c1-10-17(16-9-14-13(11(2)25)5-4-6-15(14)31-16)19(24)21(30-3)18-20(10)27(12-7-8-12)23(29)26-22(18)28/h9,11-13H,4-8,25H2,1-3H3,(H,26,28,29). The van der Waals surface area contributed by atoms with Gasteiger partial charge in [0.15, 0.2) is 11.6 Å². The van der Waals surface area contributed by atoms with Gasteiger partial charge in [0.2, 0.25) is 0 Å². The highest BCUT2D eigenvalue weighted by molar-refractivity contribution is 7.15. The molecule has 3 N–H and O–H groups in total. The monoisotopic (exact) mass is 443 g/mol. The number of nitrogens with one attached hydrogen (secondary N) is 1. The summed E-state index contributed by atoms with van der Waals surface area (Å²) in [6, 6.07) is 2.10. The van der Waals surface area contributed by atoms with Crippen LogP contribution < -0.4 is 21.7 Å². The molecule has 1 fully saturated rings. The van der Waals surface area contributed by atoms with E-state index in [0.717, 1.165) is 37.0 Å². The summed E-state index contributed by atoms with van der Waals surface area (Å²) in [5.41, 5.74) is 7.84. The number of fused-ring (bicyclic) bond motifs is 2. The minimum absolute atomic E-state index is 0.0209. The third kappa shape index (κ3) is 3.07. The summed E-state index contributed by atoms with van der Waals surface area (Å²) < 4.78 is 22.8. The Morgan fingerprint density at radius 2 is 2.06 bits per heavy atom. The van der Waals surface area contributed by atoms with Crippen molar-refractivity contribution in [3.8, 4) is 16.2 Å². The zero-order valence-electron chi connectivity index (χ0n) is 17.9. The second-order valence-electron chi connectivity index (χ2n) is 8.78. The van der Waals surface area contributed by atoms with Crippen LogP contribution in [0.15, 0.2) is 15.7 Å². The van der Waals surface area contributed by atoms with Crippen LogP contribution in [-0.4, -0.2) is 22.7 Å². The molecule has 0 amide bonds. The molecule has 2 unspecified atom stereocenters. The van der Waals surface area contributed by atoms with E-state index in [-0.39, 0.29) is 29.1 Å². The number of nitrogens with two attached hydrogens (primary N) is 1. The predicted octanol–water partition coefficient (Wildman–Crippen LogP) is 3.98. The molecule has 1 aromatic carbocycles. The van der Waals surface area contributed by atoms with E-state index in [2.05, 4.69) is 11.1 Å². The minimum atomic E-state index is -0.621. The molecule has 2 atom stereocenters. The molecule has 0 saturated heterocycles. The Balaban J connectivity index is 1.85. The molecular formula is C23H26FN3O3S. The number of benzene rings is 1. The highest BCUT2D eigenvalue weighted by atomic mass is 32.1. The summed E-state index contributed by atoms with van der Waals surface area (Å²) in [6.07, 6.45) is 4.77. The van der Waals surface area contributed by atoms with Crippen LogP contribution in [0.4, 0.5) is 4.39 Å². The number of halogens is 1. The number of rotatable bonds is 4. The molecule has 31 heavy (non-hydrogen) atoms. The molecule has 0 spiro atoms. The first-order chi connectivity index (χ1) is 14.8. The lowest BCUT2D eigenvalue weighted by Crippen LogP contribution is -2.31. The van der Waals surface area contributed by atoms with Crippen LogP contribution in [-0.2, 0) is 6.42 Å². The van der Waals surface area contributed by atoms with Crippen LogP contribution in [0.1, 0.15) is 60.6 Å². The fourth-order valence-electron chi connectivity index (χ4n) is 5.06. The molecule has 3 aromatic rings. The number of hydrogen-bond donors (Lipinski definition) is 2. The van der Waals surface area contributed by atoms with Crippen molar-refractivity contribution in [1.82, 2.24) is 9.55 Å². The van der Waals surface area contributed by atoms with Crippen LogP contribution in [0.2, 0.25) is 0 Å². The smallest absolute Gasteiger partial charge is 0.329 e. The van der Waals surface area contributed by atoms with Gasteiger partial charge in [0.1, 0.15) is 5.39 Å². The summed E-state index contributed by atoms with van der Waals surface area (Å²) in [5.74, 6) is -0.414. The van der Waals surface area contributed by atoms with Crippen LogP contribution in [0.5, 0.6) is 5.75 Å². The average molecular weight is 444 g/mol. The van der Waals surface area contributed by atoms with E-state index in [1.165, 1.54) is 17.6 Å². The van der Waals surface area contributed by atoms with Crippen molar-refractivity contribution < 1.29 is 9.13 Å². The Kier molecular flexibility index (Phi) is 4.82. The molecule has 2 aliphatic rings. The number of methoxy groups -OCH3 is 1. The number of aromatic nitrogens is 2. The van der Waals surface area contributed by atoms with Crippen molar-refractivity contribution in [2.24, 2.45) is 5.73 Å². The van der Waals surface area contributed by atoms with Gasteiger partial charge in [-0.2, -0.15) is 0 Å². The lowest BCUT2D eigenvalue weighted by atomic mass is 9.83. The molecule has 0 aliphatic heterocycles. The van der Waals surface area contributed by atoms with Crippen LogP contribution in [0.25, 0.3) is 21.3 Å². The number of aromatic amines is 1. The van der Waals surface area contributed by atoms with Gasteiger partial charge >= 0.3 is 5.69 Å². The summed E-state index contributed by atoms with van der Waals surface area (Å²) in [4.78, 5) is 29.7. The summed E-state index contributed by atoms with van der Waals surface area (Å²) in [5, 5.41) is 0.0996. The molecule has 6 nitrogen and oxygen atoms in total. The molecule has 164 valence electrons.